The summed E-state index contributed by atoms with van der Waals surface area (Å²) in [5.41, 5.74) is 1.11. The lowest BCUT2D eigenvalue weighted by Crippen LogP contribution is -2.11. The van der Waals surface area contributed by atoms with Crippen LogP contribution in [0.5, 0.6) is 0 Å². The van der Waals surface area contributed by atoms with E-state index < -0.39 is 23.5 Å². The highest BCUT2D eigenvalue weighted by molar-refractivity contribution is 6.11. The molecule has 0 fully saturated rings. The summed E-state index contributed by atoms with van der Waals surface area (Å²) >= 11 is 0. The van der Waals surface area contributed by atoms with Crippen LogP contribution in [-0.2, 0) is 12.4 Å². The van der Waals surface area contributed by atoms with Crippen molar-refractivity contribution >= 4 is 43.6 Å². The molecule has 0 saturated carbocycles. The van der Waals surface area contributed by atoms with Crippen molar-refractivity contribution < 1.29 is 26.3 Å². The molecule has 5 aromatic heterocycles. The minimum absolute atomic E-state index is 0.0820. The minimum Gasteiger partial charge on any atom is -0.294 e. The van der Waals surface area contributed by atoms with Crippen LogP contribution in [0, 0.1) is 0 Å². The first-order valence-electron chi connectivity index (χ1n) is 18.0. The molecular weight excluding hydrogens is 753 g/mol. The molecule has 0 N–H and O–H groups in total. The summed E-state index contributed by atoms with van der Waals surface area (Å²) < 4.78 is 89.5. The van der Waals surface area contributed by atoms with Crippen molar-refractivity contribution in [1.82, 2.24) is 34.1 Å². The summed E-state index contributed by atoms with van der Waals surface area (Å²) in [5, 5.41) is 3.39. The molecule has 0 saturated heterocycles. The second-order valence-electron chi connectivity index (χ2n) is 13.7. The van der Waals surface area contributed by atoms with Crippen LogP contribution in [0.15, 0.2) is 152 Å². The van der Waals surface area contributed by atoms with E-state index in [0.29, 0.717) is 44.8 Å². The molecule has 282 valence electrons. The second-order valence-corrected chi connectivity index (χ2v) is 13.7. The Hall–Kier alpha value is -7.41. The Morgan fingerprint density at radius 1 is 0.362 bits per heavy atom. The van der Waals surface area contributed by atoms with Gasteiger partial charge in [-0.05, 0) is 77.9 Å². The Morgan fingerprint density at radius 3 is 1.19 bits per heavy atom. The largest absolute Gasteiger partial charge is 0.416 e. The number of nitrogens with zero attached hydrogens (tertiary/aromatic N) is 7. The molecule has 0 aliphatic rings. The van der Waals surface area contributed by atoms with Crippen LogP contribution in [0.2, 0.25) is 0 Å². The first-order chi connectivity index (χ1) is 28.0. The lowest BCUT2D eigenvalue weighted by molar-refractivity contribution is -0.143. The summed E-state index contributed by atoms with van der Waals surface area (Å²) in [7, 11) is 0. The predicted octanol–water partition coefficient (Wildman–Crippen LogP) is 11.9. The Kier molecular flexibility index (Phi) is 7.90. The van der Waals surface area contributed by atoms with Crippen molar-refractivity contribution in [3.63, 3.8) is 0 Å². The van der Waals surface area contributed by atoms with E-state index in [1.54, 1.807) is 36.9 Å². The van der Waals surface area contributed by atoms with E-state index in [0.717, 1.165) is 33.7 Å². The average molecular weight is 778 g/mol. The average Bonchev–Trinajstić information content (AvgIpc) is 3.75. The van der Waals surface area contributed by atoms with E-state index >= 15 is 0 Å². The van der Waals surface area contributed by atoms with Crippen LogP contribution in [0.25, 0.3) is 89.2 Å². The van der Waals surface area contributed by atoms with E-state index in [1.165, 1.54) is 12.1 Å². The third kappa shape index (κ3) is 5.90. The van der Waals surface area contributed by atoms with Gasteiger partial charge < -0.3 is 0 Å². The molecule has 0 unspecified atom stereocenters. The Balaban J connectivity index is 1.32. The molecule has 0 bridgehead atoms. The van der Waals surface area contributed by atoms with Gasteiger partial charge in [0, 0.05) is 57.5 Å². The van der Waals surface area contributed by atoms with Gasteiger partial charge in [-0.25, -0.2) is 24.9 Å². The van der Waals surface area contributed by atoms with E-state index in [4.69, 9.17) is 4.98 Å². The van der Waals surface area contributed by atoms with Gasteiger partial charge in [-0.3, -0.25) is 9.13 Å². The summed E-state index contributed by atoms with van der Waals surface area (Å²) in [6.07, 6.45) is -3.59. The highest BCUT2D eigenvalue weighted by Crippen LogP contribution is 2.42. The third-order valence-corrected chi connectivity index (χ3v) is 10.2. The Bertz CT molecular complexity index is 3000. The molecule has 0 atom stereocenters. The van der Waals surface area contributed by atoms with Crippen molar-refractivity contribution in [2.75, 3.05) is 0 Å². The molecule has 0 spiro atoms. The van der Waals surface area contributed by atoms with Gasteiger partial charge in [-0.15, -0.1) is 0 Å². The second kappa shape index (κ2) is 13.1. The SMILES string of the molecule is FC(F)(F)c1cc(-c2cc(-n3c4ccccc4c4ccc(-c5ncccn5)cc43)nc(-n3c4ccccc4c4ccc(-c5ncccn5)cc43)c2)cc(C(F)(F)F)c1. The van der Waals surface area contributed by atoms with Gasteiger partial charge in [-0.2, -0.15) is 26.3 Å². The fourth-order valence-corrected chi connectivity index (χ4v) is 7.63. The maximum absolute atomic E-state index is 14.3. The predicted molar refractivity (Wildman–Crippen MR) is 210 cm³/mol. The lowest BCUT2D eigenvalue weighted by Gasteiger charge is -2.17. The molecule has 0 amide bonds. The molecule has 0 aliphatic heterocycles. The van der Waals surface area contributed by atoms with Crippen LogP contribution in [-0.4, -0.2) is 34.1 Å². The topological polar surface area (TPSA) is 74.3 Å². The summed E-state index contributed by atoms with van der Waals surface area (Å²) in [5.74, 6) is 1.44. The molecule has 0 radical (unpaired) electrons. The van der Waals surface area contributed by atoms with Crippen molar-refractivity contribution in [1.29, 1.82) is 0 Å². The normalized spacial score (nSPS) is 12.3. The number of alkyl halides is 6. The van der Waals surface area contributed by atoms with Gasteiger partial charge in [0.05, 0.1) is 33.2 Å². The number of hydrogen-bond acceptors (Lipinski definition) is 5. The van der Waals surface area contributed by atoms with Gasteiger partial charge in [0.15, 0.2) is 11.6 Å². The van der Waals surface area contributed by atoms with Crippen LogP contribution in [0.4, 0.5) is 26.3 Å². The summed E-state index contributed by atoms with van der Waals surface area (Å²) in [6.45, 7) is 0. The molecule has 13 heteroatoms. The zero-order valence-corrected chi connectivity index (χ0v) is 29.8. The molecule has 10 rings (SSSR count). The van der Waals surface area contributed by atoms with Gasteiger partial charge in [0.2, 0.25) is 0 Å². The lowest BCUT2D eigenvalue weighted by atomic mass is 9.99. The van der Waals surface area contributed by atoms with E-state index in [-0.39, 0.29) is 28.8 Å². The number of hydrogen-bond donors (Lipinski definition) is 0. The monoisotopic (exact) mass is 777 g/mol. The molecule has 0 aliphatic carbocycles. The number of halogens is 6. The zero-order valence-electron chi connectivity index (χ0n) is 29.8. The number of rotatable bonds is 5. The van der Waals surface area contributed by atoms with Gasteiger partial charge in [0.25, 0.3) is 0 Å². The third-order valence-electron chi connectivity index (χ3n) is 10.2. The molecule has 10 aromatic rings. The van der Waals surface area contributed by atoms with Gasteiger partial charge >= 0.3 is 12.4 Å². The molecule has 7 nitrogen and oxygen atoms in total. The molecule has 58 heavy (non-hydrogen) atoms. The Labute approximate surface area is 324 Å². The van der Waals surface area contributed by atoms with Crippen molar-refractivity contribution in [2.45, 2.75) is 12.4 Å². The highest BCUT2D eigenvalue weighted by atomic mass is 19.4. The Morgan fingerprint density at radius 2 is 0.759 bits per heavy atom. The first kappa shape index (κ1) is 35.0. The zero-order chi connectivity index (χ0) is 39.8. The maximum atomic E-state index is 14.3. The van der Waals surface area contributed by atoms with E-state index in [9.17, 15) is 26.3 Å². The molecule has 5 aromatic carbocycles. The van der Waals surface area contributed by atoms with E-state index in [2.05, 4.69) is 19.9 Å². The number of fused-ring (bicyclic) bond motifs is 6. The number of benzene rings is 5. The fourth-order valence-electron chi connectivity index (χ4n) is 7.63. The number of aromatic nitrogens is 7. The van der Waals surface area contributed by atoms with Crippen molar-refractivity contribution in [3.8, 4) is 45.5 Å². The van der Waals surface area contributed by atoms with E-state index in [1.807, 2.05) is 94.1 Å². The van der Waals surface area contributed by atoms with Crippen LogP contribution >= 0.6 is 0 Å². The number of pyridine rings is 1. The minimum atomic E-state index is -5.06. The van der Waals surface area contributed by atoms with Crippen molar-refractivity contribution in [2.24, 2.45) is 0 Å². The quantitative estimate of drug-likeness (QED) is 0.163. The van der Waals surface area contributed by atoms with Crippen LogP contribution < -0.4 is 0 Å². The highest BCUT2D eigenvalue weighted by Gasteiger charge is 2.37. The van der Waals surface area contributed by atoms with Gasteiger partial charge in [0.1, 0.15) is 11.6 Å². The standard InChI is InChI=1S/C45H25F6N7/c46-44(47,48)30-19-28(20-31(25-30)45(49,50)51)29-23-40(57-36-9-3-1-7-32(36)34-13-11-26(21-38(34)57)42-52-15-5-16-53-42)56-41(24-29)58-37-10-4-2-8-33(37)35-14-12-27(22-39(35)58)43-54-17-6-18-55-43/h1-25H. The summed E-state index contributed by atoms with van der Waals surface area (Å²) in [4.78, 5) is 22.9. The molecular formula is C45H25F6N7. The molecule has 5 heterocycles. The number of para-hydroxylation sites is 2. The van der Waals surface area contributed by atoms with Gasteiger partial charge in [-0.1, -0.05) is 60.7 Å². The smallest absolute Gasteiger partial charge is 0.294 e. The summed E-state index contributed by atoms with van der Waals surface area (Å²) in [6, 6.07) is 34.7. The fraction of sp³-hybridized carbons (Fsp3) is 0.0444. The van der Waals surface area contributed by atoms with Crippen molar-refractivity contribution in [3.05, 3.63) is 163 Å². The van der Waals surface area contributed by atoms with Crippen LogP contribution in [0.1, 0.15) is 11.1 Å². The van der Waals surface area contributed by atoms with Crippen LogP contribution in [0.3, 0.4) is 0 Å². The first-order valence-corrected chi connectivity index (χ1v) is 18.0. The maximum Gasteiger partial charge on any atom is 0.416 e.